The van der Waals surface area contributed by atoms with E-state index in [-0.39, 0.29) is 12.2 Å². The van der Waals surface area contributed by atoms with Crippen molar-refractivity contribution in [1.29, 1.82) is 0 Å². The van der Waals surface area contributed by atoms with Gasteiger partial charge >= 0.3 is 0 Å². The quantitative estimate of drug-likeness (QED) is 0.690. The molecular weight excluding hydrogens is 164 g/mol. The summed E-state index contributed by atoms with van der Waals surface area (Å²) in [6, 6.07) is 0. The molecule has 1 saturated carbocycles. The van der Waals surface area contributed by atoms with Gasteiger partial charge in [-0.05, 0) is 38.0 Å². The van der Waals surface area contributed by atoms with E-state index in [1.807, 2.05) is 6.92 Å². The van der Waals surface area contributed by atoms with Crippen LogP contribution in [0.5, 0.6) is 0 Å². The number of hydrogen-bond acceptors (Lipinski definition) is 2. The first kappa shape index (κ1) is 11.0. The van der Waals surface area contributed by atoms with E-state index in [0.29, 0.717) is 5.92 Å². The average Bonchev–Trinajstić information content (AvgIpc) is 2.66. The van der Waals surface area contributed by atoms with Crippen molar-refractivity contribution in [3.05, 3.63) is 0 Å². The fraction of sp³-hybridized carbons (Fsp3) is 1.00. The van der Waals surface area contributed by atoms with Gasteiger partial charge in [0.05, 0.1) is 12.2 Å². The number of rotatable bonds is 5. The lowest BCUT2D eigenvalue weighted by molar-refractivity contribution is 0.0746. The number of aliphatic hydroxyl groups excluding tert-OH is 2. The minimum absolute atomic E-state index is 0.163. The summed E-state index contributed by atoms with van der Waals surface area (Å²) in [5.41, 5.74) is 0. The highest BCUT2D eigenvalue weighted by atomic mass is 16.3. The standard InChI is InChI=1S/C11H22O2/c1-2-10(12)7-8-11(13)9-5-3-4-6-9/h9-13H,2-8H2,1H3. The molecular formula is C11H22O2. The monoisotopic (exact) mass is 186 g/mol. The summed E-state index contributed by atoms with van der Waals surface area (Å²) < 4.78 is 0. The molecule has 0 radical (unpaired) electrons. The van der Waals surface area contributed by atoms with Gasteiger partial charge in [0.2, 0.25) is 0 Å². The van der Waals surface area contributed by atoms with Crippen LogP contribution in [0, 0.1) is 5.92 Å². The summed E-state index contributed by atoms with van der Waals surface area (Å²) in [6.45, 7) is 1.98. The maximum absolute atomic E-state index is 9.78. The number of hydrogen-bond donors (Lipinski definition) is 2. The van der Waals surface area contributed by atoms with Crippen LogP contribution in [0.1, 0.15) is 51.9 Å². The molecule has 1 aliphatic carbocycles. The van der Waals surface area contributed by atoms with Gasteiger partial charge < -0.3 is 10.2 Å². The molecule has 2 unspecified atom stereocenters. The van der Waals surface area contributed by atoms with E-state index in [1.165, 1.54) is 25.7 Å². The second-order valence-electron chi connectivity index (χ2n) is 4.25. The van der Waals surface area contributed by atoms with E-state index >= 15 is 0 Å². The van der Waals surface area contributed by atoms with Crippen molar-refractivity contribution in [1.82, 2.24) is 0 Å². The van der Waals surface area contributed by atoms with Crippen molar-refractivity contribution in [3.63, 3.8) is 0 Å². The second kappa shape index (κ2) is 5.61. The first-order valence-electron chi connectivity index (χ1n) is 5.60. The molecule has 1 fully saturated rings. The van der Waals surface area contributed by atoms with Crippen molar-refractivity contribution in [2.45, 2.75) is 64.1 Å². The topological polar surface area (TPSA) is 40.5 Å². The Bertz CT molecular complexity index is 130. The van der Waals surface area contributed by atoms with Crippen LogP contribution in [0.3, 0.4) is 0 Å². The summed E-state index contributed by atoms with van der Waals surface area (Å²) in [5.74, 6) is 0.518. The highest BCUT2D eigenvalue weighted by Gasteiger charge is 2.23. The summed E-state index contributed by atoms with van der Waals surface area (Å²) in [5, 5.41) is 19.1. The zero-order valence-electron chi connectivity index (χ0n) is 8.58. The predicted octanol–water partition coefficient (Wildman–Crippen LogP) is 2.09. The first-order chi connectivity index (χ1) is 6.24. The molecule has 0 spiro atoms. The minimum Gasteiger partial charge on any atom is -0.393 e. The van der Waals surface area contributed by atoms with Gasteiger partial charge in [0, 0.05) is 0 Å². The molecule has 13 heavy (non-hydrogen) atoms. The normalized spacial score (nSPS) is 23.3. The molecule has 0 aromatic carbocycles. The van der Waals surface area contributed by atoms with Crippen LogP contribution in [0.2, 0.25) is 0 Å². The van der Waals surface area contributed by atoms with Crippen molar-refractivity contribution >= 4 is 0 Å². The molecule has 2 atom stereocenters. The summed E-state index contributed by atoms with van der Waals surface area (Å²) >= 11 is 0. The third kappa shape index (κ3) is 3.65. The Morgan fingerprint density at radius 2 is 1.77 bits per heavy atom. The van der Waals surface area contributed by atoms with Gasteiger partial charge in [0.25, 0.3) is 0 Å². The Hall–Kier alpha value is -0.0800. The van der Waals surface area contributed by atoms with Gasteiger partial charge in [-0.1, -0.05) is 19.8 Å². The Morgan fingerprint density at radius 3 is 2.31 bits per heavy atom. The van der Waals surface area contributed by atoms with Gasteiger partial charge in [-0.3, -0.25) is 0 Å². The smallest absolute Gasteiger partial charge is 0.0569 e. The maximum Gasteiger partial charge on any atom is 0.0569 e. The molecule has 0 bridgehead atoms. The molecule has 1 rings (SSSR count). The summed E-state index contributed by atoms with van der Waals surface area (Å²) in [4.78, 5) is 0. The Balaban J connectivity index is 2.12. The van der Waals surface area contributed by atoms with Crippen LogP contribution in [0.4, 0.5) is 0 Å². The molecule has 0 amide bonds. The van der Waals surface area contributed by atoms with Gasteiger partial charge in [-0.2, -0.15) is 0 Å². The molecule has 0 aromatic heterocycles. The molecule has 1 aliphatic rings. The van der Waals surface area contributed by atoms with E-state index in [4.69, 9.17) is 0 Å². The number of aliphatic hydroxyl groups is 2. The fourth-order valence-electron chi connectivity index (χ4n) is 2.15. The van der Waals surface area contributed by atoms with E-state index in [0.717, 1.165) is 19.3 Å². The molecule has 78 valence electrons. The van der Waals surface area contributed by atoms with Crippen molar-refractivity contribution in [2.24, 2.45) is 5.92 Å². The van der Waals surface area contributed by atoms with Crippen LogP contribution >= 0.6 is 0 Å². The highest BCUT2D eigenvalue weighted by molar-refractivity contribution is 4.75. The van der Waals surface area contributed by atoms with Gasteiger partial charge in [0.1, 0.15) is 0 Å². The van der Waals surface area contributed by atoms with E-state index in [2.05, 4.69) is 0 Å². The average molecular weight is 186 g/mol. The first-order valence-corrected chi connectivity index (χ1v) is 5.60. The summed E-state index contributed by atoms with van der Waals surface area (Å²) in [7, 11) is 0. The SMILES string of the molecule is CCC(O)CCC(O)C1CCCC1. The van der Waals surface area contributed by atoms with Gasteiger partial charge in [0.15, 0.2) is 0 Å². The highest BCUT2D eigenvalue weighted by Crippen LogP contribution is 2.29. The Kier molecular flexibility index (Phi) is 4.74. The fourth-order valence-corrected chi connectivity index (χ4v) is 2.15. The lowest BCUT2D eigenvalue weighted by atomic mass is 9.95. The molecule has 2 heteroatoms. The maximum atomic E-state index is 9.78. The van der Waals surface area contributed by atoms with Crippen LogP contribution in [-0.2, 0) is 0 Å². The van der Waals surface area contributed by atoms with Crippen molar-refractivity contribution < 1.29 is 10.2 Å². The van der Waals surface area contributed by atoms with E-state index in [1.54, 1.807) is 0 Å². The van der Waals surface area contributed by atoms with Crippen LogP contribution in [0.15, 0.2) is 0 Å². The summed E-state index contributed by atoms with van der Waals surface area (Å²) in [6.07, 6.45) is 6.88. The Labute approximate surface area is 81.0 Å². The molecule has 2 nitrogen and oxygen atoms in total. The van der Waals surface area contributed by atoms with Crippen LogP contribution in [0.25, 0.3) is 0 Å². The lowest BCUT2D eigenvalue weighted by Gasteiger charge is -2.18. The predicted molar refractivity (Wildman–Crippen MR) is 53.5 cm³/mol. The van der Waals surface area contributed by atoms with Gasteiger partial charge in [-0.15, -0.1) is 0 Å². The third-order valence-electron chi connectivity index (χ3n) is 3.21. The minimum atomic E-state index is -0.212. The molecule has 0 saturated heterocycles. The van der Waals surface area contributed by atoms with Gasteiger partial charge in [-0.25, -0.2) is 0 Å². The van der Waals surface area contributed by atoms with E-state index in [9.17, 15) is 10.2 Å². The molecule has 0 heterocycles. The lowest BCUT2D eigenvalue weighted by Crippen LogP contribution is -2.19. The van der Waals surface area contributed by atoms with Crippen LogP contribution < -0.4 is 0 Å². The third-order valence-corrected chi connectivity index (χ3v) is 3.21. The van der Waals surface area contributed by atoms with E-state index < -0.39 is 0 Å². The molecule has 0 aliphatic heterocycles. The zero-order chi connectivity index (χ0) is 9.68. The van der Waals surface area contributed by atoms with Crippen molar-refractivity contribution in [3.8, 4) is 0 Å². The second-order valence-corrected chi connectivity index (χ2v) is 4.25. The molecule has 2 N–H and O–H groups in total. The Morgan fingerprint density at radius 1 is 1.15 bits per heavy atom. The van der Waals surface area contributed by atoms with Crippen LogP contribution in [-0.4, -0.2) is 22.4 Å². The molecule has 0 aromatic rings. The van der Waals surface area contributed by atoms with Crippen molar-refractivity contribution in [2.75, 3.05) is 0 Å². The largest absolute Gasteiger partial charge is 0.393 e. The zero-order valence-corrected chi connectivity index (χ0v) is 8.58.